The number of nitrogens with one attached hydrogen (secondary N) is 1. The summed E-state index contributed by atoms with van der Waals surface area (Å²) in [6, 6.07) is 7.26. The lowest BCUT2D eigenvalue weighted by atomic mass is 10.2. The topological polar surface area (TPSA) is 69.9 Å². The van der Waals surface area contributed by atoms with Crippen molar-refractivity contribution in [3.63, 3.8) is 0 Å². The van der Waals surface area contributed by atoms with Crippen LogP contribution in [0.2, 0.25) is 5.02 Å². The van der Waals surface area contributed by atoms with Crippen molar-refractivity contribution in [1.29, 1.82) is 5.41 Å². The molecule has 1 N–H and O–H groups in total. The molecule has 106 valence electrons. The molecule has 0 aliphatic carbocycles. The molecule has 0 saturated carbocycles. The van der Waals surface area contributed by atoms with Crippen LogP contribution in [0.1, 0.15) is 10.6 Å². The number of benzene rings is 1. The number of nitrogens with zero attached hydrogens (tertiary/aromatic N) is 3. The third kappa shape index (κ3) is 2.72. The highest BCUT2D eigenvalue weighted by Gasteiger charge is 2.35. The zero-order valence-corrected chi connectivity index (χ0v) is 13.2. The minimum atomic E-state index is -0.277. The van der Waals surface area contributed by atoms with Crippen LogP contribution in [0.4, 0.5) is 5.13 Å². The van der Waals surface area contributed by atoms with Crippen molar-refractivity contribution in [3.8, 4) is 0 Å². The molecule has 8 heteroatoms. The molecule has 0 atom stereocenters. The minimum absolute atomic E-state index is 0.120. The molecular weight excluding hydrogens is 328 g/mol. The maximum atomic E-state index is 12.4. The Labute approximate surface area is 134 Å². The zero-order chi connectivity index (χ0) is 15.0. The second-order valence-electron chi connectivity index (χ2n) is 4.18. The van der Waals surface area contributed by atoms with Gasteiger partial charge in [-0.25, -0.2) is 4.90 Å². The standard InChI is InChI=1S/C13H9ClN4OS2/c1-7-16-17-13(20-7)18-11(19)10(21-12(18)15)6-8-4-2-3-5-9(8)14/h2-6,15H,1H3. The van der Waals surface area contributed by atoms with Crippen molar-refractivity contribution in [2.45, 2.75) is 6.92 Å². The maximum Gasteiger partial charge on any atom is 0.273 e. The number of anilines is 1. The van der Waals surface area contributed by atoms with Gasteiger partial charge in [-0.15, -0.1) is 10.2 Å². The number of carbonyl (C=O) groups is 1. The molecular formula is C13H9ClN4OS2. The predicted molar refractivity (Wildman–Crippen MR) is 86.9 cm³/mol. The highest BCUT2D eigenvalue weighted by Crippen LogP contribution is 2.36. The largest absolute Gasteiger partial charge is 0.278 e. The van der Waals surface area contributed by atoms with Gasteiger partial charge in [0.15, 0.2) is 5.17 Å². The first-order chi connectivity index (χ1) is 10.1. The van der Waals surface area contributed by atoms with Gasteiger partial charge in [-0.05, 0) is 36.4 Å². The average molecular weight is 337 g/mol. The Morgan fingerprint density at radius 2 is 2.10 bits per heavy atom. The lowest BCUT2D eigenvalue weighted by Gasteiger charge is -2.08. The fourth-order valence-corrected chi connectivity index (χ4v) is 3.55. The van der Waals surface area contributed by atoms with Crippen LogP contribution < -0.4 is 4.90 Å². The summed E-state index contributed by atoms with van der Waals surface area (Å²) in [5, 5.41) is 17.6. The number of rotatable bonds is 2. The van der Waals surface area contributed by atoms with Gasteiger partial charge in [-0.1, -0.05) is 41.1 Å². The van der Waals surface area contributed by atoms with Crippen LogP contribution in [-0.2, 0) is 4.79 Å². The molecule has 0 radical (unpaired) electrons. The molecule has 2 aromatic rings. The van der Waals surface area contributed by atoms with Crippen molar-refractivity contribution >= 4 is 57.0 Å². The predicted octanol–water partition coefficient (Wildman–Crippen LogP) is 3.56. The normalized spacial score (nSPS) is 17.0. The van der Waals surface area contributed by atoms with Crippen molar-refractivity contribution < 1.29 is 4.79 Å². The third-order valence-electron chi connectivity index (χ3n) is 2.72. The quantitative estimate of drug-likeness (QED) is 0.851. The maximum absolute atomic E-state index is 12.4. The van der Waals surface area contributed by atoms with E-state index < -0.39 is 0 Å². The van der Waals surface area contributed by atoms with Crippen LogP contribution in [0.5, 0.6) is 0 Å². The van der Waals surface area contributed by atoms with E-state index in [0.29, 0.717) is 15.1 Å². The van der Waals surface area contributed by atoms with Crippen LogP contribution in [0.15, 0.2) is 29.2 Å². The Morgan fingerprint density at radius 1 is 1.33 bits per heavy atom. The Kier molecular flexibility index (Phi) is 3.79. The molecule has 1 amide bonds. The summed E-state index contributed by atoms with van der Waals surface area (Å²) in [6.45, 7) is 1.80. The highest BCUT2D eigenvalue weighted by molar-refractivity contribution is 8.19. The fourth-order valence-electron chi connectivity index (χ4n) is 1.77. The van der Waals surface area contributed by atoms with Gasteiger partial charge in [0.25, 0.3) is 5.91 Å². The van der Waals surface area contributed by atoms with E-state index in [1.807, 2.05) is 18.2 Å². The van der Waals surface area contributed by atoms with Gasteiger partial charge in [0.1, 0.15) is 5.01 Å². The molecule has 1 fully saturated rings. The van der Waals surface area contributed by atoms with Gasteiger partial charge >= 0.3 is 0 Å². The monoisotopic (exact) mass is 336 g/mol. The van der Waals surface area contributed by atoms with Crippen molar-refractivity contribution in [2.24, 2.45) is 0 Å². The van der Waals surface area contributed by atoms with E-state index in [2.05, 4.69) is 10.2 Å². The van der Waals surface area contributed by atoms with E-state index in [1.165, 1.54) is 16.2 Å². The number of hydrogen-bond acceptors (Lipinski definition) is 6. The number of thioether (sulfide) groups is 1. The number of amides is 1. The van der Waals surface area contributed by atoms with Gasteiger partial charge in [0.2, 0.25) is 5.13 Å². The highest BCUT2D eigenvalue weighted by atomic mass is 35.5. The number of aryl methyl sites for hydroxylation is 1. The van der Waals surface area contributed by atoms with Gasteiger partial charge in [0.05, 0.1) is 4.91 Å². The van der Waals surface area contributed by atoms with Crippen LogP contribution in [0.3, 0.4) is 0 Å². The molecule has 1 aromatic heterocycles. The van der Waals surface area contributed by atoms with Crippen LogP contribution in [0.25, 0.3) is 6.08 Å². The molecule has 0 bridgehead atoms. The molecule has 0 spiro atoms. The Balaban J connectivity index is 1.96. The number of aromatic nitrogens is 2. The van der Waals surface area contributed by atoms with E-state index in [-0.39, 0.29) is 11.1 Å². The molecule has 1 saturated heterocycles. The fraction of sp³-hybridized carbons (Fsp3) is 0.0769. The van der Waals surface area contributed by atoms with Gasteiger partial charge in [0, 0.05) is 5.02 Å². The Bertz CT molecular complexity index is 771. The smallest absolute Gasteiger partial charge is 0.273 e. The molecule has 0 unspecified atom stereocenters. The van der Waals surface area contributed by atoms with E-state index in [4.69, 9.17) is 17.0 Å². The molecule has 1 aliphatic heterocycles. The van der Waals surface area contributed by atoms with Crippen molar-refractivity contribution in [2.75, 3.05) is 4.90 Å². The molecule has 1 aromatic carbocycles. The van der Waals surface area contributed by atoms with E-state index >= 15 is 0 Å². The second-order valence-corrected chi connectivity index (χ2v) is 6.78. The summed E-state index contributed by atoms with van der Waals surface area (Å²) < 4.78 is 0. The summed E-state index contributed by atoms with van der Waals surface area (Å²) >= 11 is 8.46. The average Bonchev–Trinajstić information content (AvgIpc) is 2.97. The van der Waals surface area contributed by atoms with E-state index in [9.17, 15) is 4.79 Å². The molecule has 21 heavy (non-hydrogen) atoms. The van der Waals surface area contributed by atoms with Crippen LogP contribution in [-0.4, -0.2) is 21.3 Å². The molecule has 2 heterocycles. The summed E-state index contributed by atoms with van der Waals surface area (Å²) in [5.41, 5.74) is 0.748. The van der Waals surface area contributed by atoms with E-state index in [1.54, 1.807) is 19.1 Å². The Hall–Kier alpha value is -1.70. The molecule has 1 aliphatic rings. The first kappa shape index (κ1) is 14.2. The van der Waals surface area contributed by atoms with E-state index in [0.717, 1.165) is 22.3 Å². The van der Waals surface area contributed by atoms with Gasteiger partial charge < -0.3 is 0 Å². The van der Waals surface area contributed by atoms with Crippen molar-refractivity contribution in [3.05, 3.63) is 44.8 Å². The second kappa shape index (κ2) is 5.59. The third-order valence-corrected chi connectivity index (χ3v) is 4.78. The summed E-state index contributed by atoms with van der Waals surface area (Å²) in [7, 11) is 0. The summed E-state index contributed by atoms with van der Waals surface area (Å²) in [5.74, 6) is -0.277. The first-order valence-corrected chi connectivity index (χ1v) is 7.94. The van der Waals surface area contributed by atoms with Gasteiger partial charge in [-0.3, -0.25) is 10.2 Å². The first-order valence-electron chi connectivity index (χ1n) is 5.93. The molecule has 5 nitrogen and oxygen atoms in total. The Morgan fingerprint density at radius 3 is 2.76 bits per heavy atom. The lowest BCUT2D eigenvalue weighted by Crippen LogP contribution is -2.27. The van der Waals surface area contributed by atoms with Crippen LogP contribution >= 0.6 is 34.7 Å². The van der Waals surface area contributed by atoms with Crippen LogP contribution in [0, 0.1) is 12.3 Å². The number of halogens is 1. The zero-order valence-electron chi connectivity index (χ0n) is 10.8. The summed E-state index contributed by atoms with van der Waals surface area (Å²) in [4.78, 5) is 14.1. The van der Waals surface area contributed by atoms with Crippen molar-refractivity contribution in [1.82, 2.24) is 10.2 Å². The number of amidine groups is 1. The minimum Gasteiger partial charge on any atom is -0.278 e. The number of hydrogen-bond donors (Lipinski definition) is 1. The lowest BCUT2D eigenvalue weighted by molar-refractivity contribution is -0.113. The van der Waals surface area contributed by atoms with Gasteiger partial charge in [-0.2, -0.15) is 0 Å². The molecule has 3 rings (SSSR count). The summed E-state index contributed by atoms with van der Waals surface area (Å²) in [6.07, 6.45) is 1.69. The number of carbonyl (C=O) groups excluding carboxylic acids is 1. The SMILES string of the molecule is Cc1nnc(N2C(=N)SC(=Cc3ccccc3Cl)C2=O)s1.